The van der Waals surface area contributed by atoms with Crippen LogP contribution >= 0.6 is 0 Å². The van der Waals surface area contributed by atoms with Gasteiger partial charge in [0.25, 0.3) is 0 Å². The topological polar surface area (TPSA) is 44.1 Å². The number of carbonyl (C=O) groups excluding carboxylic acids is 1. The molecule has 0 rings (SSSR count). The summed E-state index contributed by atoms with van der Waals surface area (Å²) < 4.78 is 0. The van der Waals surface area contributed by atoms with Crippen molar-refractivity contribution in [1.82, 2.24) is 4.90 Å². The zero-order chi connectivity index (χ0) is 11.4. The third-order valence-electron chi connectivity index (χ3n) is 2.69. The molecule has 0 bridgehead atoms. The molecule has 0 saturated heterocycles. The highest BCUT2D eigenvalue weighted by Gasteiger charge is 2.23. The van der Waals surface area contributed by atoms with Crippen LogP contribution in [0.25, 0.3) is 0 Å². The maximum atomic E-state index is 11.6. The zero-order valence-electron chi connectivity index (χ0n) is 9.79. The van der Waals surface area contributed by atoms with Gasteiger partial charge in [-0.2, -0.15) is 5.26 Å². The average Bonchev–Trinajstić information content (AvgIpc) is 2.02. The molecule has 0 aromatic rings. The number of hydrogen-bond donors (Lipinski definition) is 0. The third-order valence-corrected chi connectivity index (χ3v) is 2.69. The fourth-order valence-electron chi connectivity index (χ4n) is 0.918. The Hall–Kier alpha value is -1.04. The molecule has 1 atom stereocenters. The monoisotopic (exact) mass is 196 g/mol. The van der Waals surface area contributed by atoms with E-state index in [0.717, 1.165) is 0 Å². The first-order chi connectivity index (χ1) is 6.29. The Balaban J connectivity index is 4.14. The minimum Gasteiger partial charge on any atom is -0.332 e. The van der Waals surface area contributed by atoms with Gasteiger partial charge < -0.3 is 4.90 Å². The highest BCUT2D eigenvalue weighted by molar-refractivity contribution is 5.76. The molecule has 0 radical (unpaired) electrons. The predicted molar refractivity (Wildman–Crippen MR) is 56.5 cm³/mol. The molecule has 0 aliphatic carbocycles. The van der Waals surface area contributed by atoms with Gasteiger partial charge in [-0.15, -0.1) is 0 Å². The molecule has 14 heavy (non-hydrogen) atoms. The maximum absolute atomic E-state index is 11.6. The van der Waals surface area contributed by atoms with Crippen LogP contribution in [0, 0.1) is 22.7 Å². The maximum Gasteiger partial charge on any atom is 0.223 e. The largest absolute Gasteiger partial charge is 0.332 e. The van der Waals surface area contributed by atoms with E-state index < -0.39 is 0 Å². The number of nitriles is 1. The summed E-state index contributed by atoms with van der Waals surface area (Å²) in [6.45, 7) is 8.60. The molecule has 0 aromatic heterocycles. The summed E-state index contributed by atoms with van der Waals surface area (Å²) in [6, 6.07) is 1.97. The van der Waals surface area contributed by atoms with E-state index in [0.29, 0.717) is 12.3 Å². The lowest BCUT2D eigenvalue weighted by Gasteiger charge is -2.27. The molecule has 80 valence electrons. The Morgan fingerprint density at radius 1 is 1.50 bits per heavy atom. The van der Waals surface area contributed by atoms with Gasteiger partial charge in [0, 0.05) is 13.5 Å². The quantitative estimate of drug-likeness (QED) is 0.648. The molecular formula is C11H20N2O. The first-order valence-corrected chi connectivity index (χ1v) is 4.90. The second kappa shape index (κ2) is 4.99. The Bertz CT molecular complexity index is 235. The van der Waals surface area contributed by atoms with Gasteiger partial charge in [-0.3, -0.25) is 4.79 Å². The van der Waals surface area contributed by atoms with Crippen LogP contribution in [-0.4, -0.2) is 24.4 Å². The summed E-state index contributed by atoms with van der Waals surface area (Å²) in [4.78, 5) is 13.0. The normalized spacial score (nSPS) is 13.1. The molecule has 1 amide bonds. The summed E-state index contributed by atoms with van der Waals surface area (Å²) in [5.74, 6) is 0.380. The molecule has 0 aliphatic rings. The smallest absolute Gasteiger partial charge is 0.223 e. The summed E-state index contributed by atoms with van der Waals surface area (Å²) in [6.07, 6.45) is 0.516. The van der Waals surface area contributed by atoms with Gasteiger partial charge in [0.05, 0.1) is 6.07 Å². The Kier molecular flexibility index (Phi) is 4.62. The first kappa shape index (κ1) is 13.0. The number of rotatable bonds is 3. The molecular weight excluding hydrogens is 176 g/mol. The van der Waals surface area contributed by atoms with Crippen LogP contribution in [0.15, 0.2) is 0 Å². The third kappa shape index (κ3) is 4.27. The van der Waals surface area contributed by atoms with Crippen LogP contribution in [0.2, 0.25) is 0 Å². The van der Waals surface area contributed by atoms with Gasteiger partial charge >= 0.3 is 0 Å². The summed E-state index contributed by atoms with van der Waals surface area (Å²) in [7, 11) is 1.67. The highest BCUT2D eigenvalue weighted by atomic mass is 16.2. The molecule has 0 saturated carbocycles. The van der Waals surface area contributed by atoms with Crippen LogP contribution in [0.3, 0.4) is 0 Å². The van der Waals surface area contributed by atoms with Crippen molar-refractivity contribution in [3.05, 3.63) is 0 Å². The number of nitrogens with zero attached hydrogens (tertiary/aromatic N) is 2. The highest BCUT2D eigenvalue weighted by Crippen LogP contribution is 2.28. The lowest BCUT2D eigenvalue weighted by molar-refractivity contribution is -0.131. The molecule has 0 N–H and O–H groups in total. The molecule has 0 aromatic carbocycles. The van der Waals surface area contributed by atoms with Gasteiger partial charge in [-0.1, -0.05) is 27.7 Å². The molecule has 0 fully saturated rings. The lowest BCUT2D eigenvalue weighted by atomic mass is 9.80. The summed E-state index contributed by atoms with van der Waals surface area (Å²) in [5, 5.41) is 8.44. The molecule has 0 heterocycles. The fourth-order valence-corrected chi connectivity index (χ4v) is 0.918. The van der Waals surface area contributed by atoms with Crippen LogP contribution in [0.4, 0.5) is 0 Å². The number of amides is 1. The molecule has 3 nitrogen and oxygen atoms in total. The van der Waals surface area contributed by atoms with E-state index in [1.807, 2.05) is 6.07 Å². The van der Waals surface area contributed by atoms with Gasteiger partial charge in [-0.25, -0.2) is 0 Å². The van der Waals surface area contributed by atoms with Gasteiger partial charge in [0.2, 0.25) is 5.91 Å². The molecule has 1 unspecified atom stereocenters. The van der Waals surface area contributed by atoms with Crippen LogP contribution < -0.4 is 0 Å². The van der Waals surface area contributed by atoms with Crippen LogP contribution in [0.1, 0.15) is 34.1 Å². The van der Waals surface area contributed by atoms with Crippen molar-refractivity contribution in [2.24, 2.45) is 11.3 Å². The van der Waals surface area contributed by atoms with Crippen LogP contribution in [-0.2, 0) is 4.79 Å². The molecule has 0 aliphatic heterocycles. The number of hydrogen-bond acceptors (Lipinski definition) is 2. The minimum atomic E-state index is 0.0500. The molecule has 3 heteroatoms. The Morgan fingerprint density at radius 3 is 2.36 bits per heavy atom. The van der Waals surface area contributed by atoms with E-state index in [-0.39, 0.29) is 17.9 Å². The van der Waals surface area contributed by atoms with E-state index in [1.165, 1.54) is 4.90 Å². The van der Waals surface area contributed by atoms with Crippen LogP contribution in [0.5, 0.6) is 0 Å². The fraction of sp³-hybridized carbons (Fsp3) is 0.818. The van der Waals surface area contributed by atoms with Crippen molar-refractivity contribution >= 4 is 5.91 Å². The standard InChI is InChI=1S/C11H20N2O/c1-9(11(2,3)4)8-10(14)13(5)7-6-12/h9H,7-8H2,1-5H3. The number of carbonyl (C=O) groups is 1. The van der Waals surface area contributed by atoms with E-state index in [9.17, 15) is 4.79 Å². The minimum absolute atomic E-state index is 0.0500. The van der Waals surface area contributed by atoms with Gasteiger partial charge in [-0.05, 0) is 11.3 Å². The summed E-state index contributed by atoms with van der Waals surface area (Å²) in [5.41, 5.74) is 0.142. The van der Waals surface area contributed by atoms with E-state index in [1.54, 1.807) is 7.05 Å². The SMILES string of the molecule is CC(CC(=O)N(C)CC#N)C(C)(C)C. The average molecular weight is 196 g/mol. The van der Waals surface area contributed by atoms with Crippen molar-refractivity contribution in [2.45, 2.75) is 34.1 Å². The first-order valence-electron chi connectivity index (χ1n) is 4.90. The van der Waals surface area contributed by atoms with E-state index >= 15 is 0 Å². The Morgan fingerprint density at radius 2 is 2.00 bits per heavy atom. The van der Waals surface area contributed by atoms with Gasteiger partial charge in [0.15, 0.2) is 0 Å². The molecule has 0 spiro atoms. The zero-order valence-corrected chi connectivity index (χ0v) is 9.79. The van der Waals surface area contributed by atoms with Gasteiger partial charge in [0.1, 0.15) is 6.54 Å². The van der Waals surface area contributed by atoms with E-state index in [2.05, 4.69) is 27.7 Å². The summed E-state index contributed by atoms with van der Waals surface area (Å²) >= 11 is 0. The van der Waals surface area contributed by atoms with E-state index in [4.69, 9.17) is 5.26 Å². The van der Waals surface area contributed by atoms with Crippen molar-refractivity contribution in [2.75, 3.05) is 13.6 Å². The van der Waals surface area contributed by atoms with Crippen molar-refractivity contribution < 1.29 is 4.79 Å². The Labute approximate surface area is 86.7 Å². The van der Waals surface area contributed by atoms with Crippen molar-refractivity contribution in [1.29, 1.82) is 5.26 Å². The second-order valence-electron chi connectivity index (χ2n) is 4.88. The van der Waals surface area contributed by atoms with Crippen molar-refractivity contribution in [3.8, 4) is 6.07 Å². The lowest BCUT2D eigenvalue weighted by Crippen LogP contribution is -2.31. The predicted octanol–water partition coefficient (Wildman–Crippen LogP) is 2.04. The second-order valence-corrected chi connectivity index (χ2v) is 4.88. The van der Waals surface area contributed by atoms with Crippen molar-refractivity contribution in [3.63, 3.8) is 0 Å².